The largest absolute Gasteiger partial charge is 0.340 e. The van der Waals surface area contributed by atoms with E-state index in [2.05, 4.69) is 5.32 Å². The molecule has 3 rings (SSSR count). The zero-order valence-electron chi connectivity index (χ0n) is 14.7. The number of amides is 3. The number of anilines is 1. The van der Waals surface area contributed by atoms with Crippen LogP contribution in [-0.2, 0) is 24.4 Å². The molecule has 2 saturated heterocycles. The molecule has 8 nitrogen and oxygen atoms in total. The lowest BCUT2D eigenvalue weighted by atomic mass is 9.85. The van der Waals surface area contributed by atoms with Gasteiger partial charge < -0.3 is 4.90 Å². The summed E-state index contributed by atoms with van der Waals surface area (Å²) in [6.45, 7) is 1.96. The van der Waals surface area contributed by atoms with Gasteiger partial charge in [-0.1, -0.05) is 12.1 Å². The van der Waals surface area contributed by atoms with E-state index in [-0.39, 0.29) is 37.2 Å². The van der Waals surface area contributed by atoms with Crippen LogP contribution < -0.4 is 9.62 Å². The Kier molecular flexibility index (Phi) is 4.51. The maximum atomic E-state index is 12.7. The van der Waals surface area contributed by atoms with E-state index < -0.39 is 15.4 Å². The smallest absolute Gasteiger partial charge is 0.243 e. The summed E-state index contributed by atoms with van der Waals surface area (Å²) < 4.78 is 25.4. The Morgan fingerprint density at radius 1 is 1.35 bits per heavy atom. The molecule has 0 saturated carbocycles. The fraction of sp³-hybridized carbons (Fsp3) is 0.471. The first kappa shape index (κ1) is 18.4. The van der Waals surface area contributed by atoms with Crippen LogP contribution in [0.5, 0.6) is 0 Å². The van der Waals surface area contributed by atoms with E-state index in [1.165, 1.54) is 4.90 Å². The lowest BCUT2D eigenvalue weighted by molar-refractivity contribution is -0.130. The molecule has 2 heterocycles. The second-order valence-corrected chi connectivity index (χ2v) is 8.92. The van der Waals surface area contributed by atoms with Crippen molar-refractivity contribution in [1.82, 2.24) is 10.2 Å². The summed E-state index contributed by atoms with van der Waals surface area (Å²) in [5.74, 6) is -1.07. The van der Waals surface area contributed by atoms with E-state index in [1.807, 2.05) is 13.0 Å². The molecule has 1 spiro atoms. The van der Waals surface area contributed by atoms with Crippen molar-refractivity contribution >= 4 is 33.4 Å². The number of nitrogens with zero attached hydrogens (tertiary/aromatic N) is 2. The average Bonchev–Trinajstić information content (AvgIpc) is 3.07. The number of likely N-dealkylation sites (tertiary alicyclic amines) is 1. The molecule has 1 aromatic carbocycles. The van der Waals surface area contributed by atoms with Crippen LogP contribution in [0.4, 0.5) is 5.69 Å². The normalized spacial score (nSPS) is 22.8. The first-order valence-electron chi connectivity index (χ1n) is 8.27. The summed E-state index contributed by atoms with van der Waals surface area (Å²) in [6.07, 6.45) is 1.53. The summed E-state index contributed by atoms with van der Waals surface area (Å²) >= 11 is 0. The third-order valence-corrected chi connectivity index (χ3v) is 6.05. The molecule has 1 atom stereocenters. The highest BCUT2D eigenvalue weighted by atomic mass is 32.2. The zero-order chi connectivity index (χ0) is 19.1. The highest BCUT2D eigenvalue weighted by Gasteiger charge is 2.51. The van der Waals surface area contributed by atoms with Crippen molar-refractivity contribution in [2.24, 2.45) is 5.41 Å². The molecule has 1 N–H and O–H groups in total. The standard InChI is InChI=1S/C17H21N3O5S/c1-12-4-3-5-13(8-12)20(26(2,24)25)10-15(22)19-7-6-17(11-19)9-14(21)18-16(17)23/h3-5,8H,6-7,9-11H2,1-2H3,(H,18,21,23)/t17-/m0/s1. The SMILES string of the molecule is Cc1cccc(N(CC(=O)N2CC[C@]3(CC(=O)NC3=O)C2)S(C)(=O)=O)c1. The fourth-order valence-electron chi connectivity index (χ4n) is 3.51. The number of hydrogen-bond donors (Lipinski definition) is 1. The Balaban J connectivity index is 1.77. The molecule has 9 heteroatoms. The molecular weight excluding hydrogens is 358 g/mol. The Morgan fingerprint density at radius 3 is 2.65 bits per heavy atom. The zero-order valence-corrected chi connectivity index (χ0v) is 15.5. The van der Waals surface area contributed by atoms with Gasteiger partial charge in [-0.2, -0.15) is 0 Å². The van der Waals surface area contributed by atoms with Crippen LogP contribution in [0.3, 0.4) is 0 Å². The number of imide groups is 1. The summed E-state index contributed by atoms with van der Waals surface area (Å²) in [4.78, 5) is 37.7. The molecule has 26 heavy (non-hydrogen) atoms. The second-order valence-electron chi connectivity index (χ2n) is 7.01. The van der Waals surface area contributed by atoms with E-state index in [0.717, 1.165) is 16.1 Å². The Hall–Kier alpha value is -2.42. The number of nitrogens with one attached hydrogen (secondary N) is 1. The van der Waals surface area contributed by atoms with Crippen LogP contribution in [0.2, 0.25) is 0 Å². The lowest BCUT2D eigenvalue weighted by Gasteiger charge is -2.26. The first-order valence-corrected chi connectivity index (χ1v) is 10.1. The number of sulfonamides is 1. The lowest BCUT2D eigenvalue weighted by Crippen LogP contribution is -2.43. The summed E-state index contributed by atoms with van der Waals surface area (Å²) in [5, 5.41) is 2.28. The van der Waals surface area contributed by atoms with Crippen LogP contribution in [-0.4, -0.2) is 56.9 Å². The molecule has 140 valence electrons. The molecule has 3 amide bonds. The van der Waals surface area contributed by atoms with Gasteiger partial charge in [0.1, 0.15) is 6.54 Å². The molecule has 0 radical (unpaired) electrons. The minimum absolute atomic E-state index is 0.0727. The van der Waals surface area contributed by atoms with Gasteiger partial charge in [-0.3, -0.25) is 24.0 Å². The minimum Gasteiger partial charge on any atom is -0.340 e. The Bertz CT molecular complexity index is 882. The number of rotatable bonds is 4. The molecule has 1 aromatic rings. The van der Waals surface area contributed by atoms with E-state index in [9.17, 15) is 22.8 Å². The highest BCUT2D eigenvalue weighted by molar-refractivity contribution is 7.92. The van der Waals surface area contributed by atoms with Gasteiger partial charge in [0.2, 0.25) is 27.7 Å². The average molecular weight is 379 g/mol. The highest BCUT2D eigenvalue weighted by Crippen LogP contribution is 2.37. The molecule has 2 aliphatic heterocycles. The van der Waals surface area contributed by atoms with Crippen molar-refractivity contribution < 1.29 is 22.8 Å². The quantitative estimate of drug-likeness (QED) is 0.743. The summed E-state index contributed by atoms with van der Waals surface area (Å²) in [7, 11) is -3.65. The van der Waals surface area contributed by atoms with E-state index >= 15 is 0 Å². The predicted molar refractivity (Wildman–Crippen MR) is 94.8 cm³/mol. The third kappa shape index (κ3) is 3.44. The van der Waals surface area contributed by atoms with Crippen molar-refractivity contribution in [2.45, 2.75) is 19.8 Å². The molecule has 2 aliphatic rings. The van der Waals surface area contributed by atoms with Crippen molar-refractivity contribution in [3.05, 3.63) is 29.8 Å². The van der Waals surface area contributed by atoms with E-state index in [1.54, 1.807) is 18.2 Å². The monoisotopic (exact) mass is 379 g/mol. The Morgan fingerprint density at radius 2 is 2.08 bits per heavy atom. The molecule has 0 aliphatic carbocycles. The van der Waals surface area contributed by atoms with Crippen molar-refractivity contribution in [3.8, 4) is 0 Å². The second kappa shape index (κ2) is 6.39. The van der Waals surface area contributed by atoms with Crippen molar-refractivity contribution in [1.29, 1.82) is 0 Å². The van der Waals surface area contributed by atoms with Crippen LogP contribution in [0.15, 0.2) is 24.3 Å². The van der Waals surface area contributed by atoms with Gasteiger partial charge in [0.05, 0.1) is 17.4 Å². The number of aryl methyl sites for hydroxylation is 1. The van der Waals surface area contributed by atoms with Crippen LogP contribution in [0.1, 0.15) is 18.4 Å². The molecular formula is C17H21N3O5S. The number of carbonyl (C=O) groups excluding carboxylic acids is 3. The van der Waals surface area contributed by atoms with E-state index in [0.29, 0.717) is 18.7 Å². The summed E-state index contributed by atoms with van der Waals surface area (Å²) in [5.41, 5.74) is 0.430. The molecule has 0 aromatic heterocycles. The van der Waals surface area contributed by atoms with Gasteiger partial charge in [-0.25, -0.2) is 8.42 Å². The van der Waals surface area contributed by atoms with Crippen LogP contribution in [0, 0.1) is 12.3 Å². The van der Waals surface area contributed by atoms with Gasteiger partial charge >= 0.3 is 0 Å². The maximum Gasteiger partial charge on any atom is 0.243 e. The molecule has 0 unspecified atom stereocenters. The van der Waals surface area contributed by atoms with Gasteiger partial charge in [0.15, 0.2) is 0 Å². The topological polar surface area (TPSA) is 104 Å². The van der Waals surface area contributed by atoms with Crippen LogP contribution in [0.25, 0.3) is 0 Å². The fourth-order valence-corrected chi connectivity index (χ4v) is 4.35. The van der Waals surface area contributed by atoms with Gasteiger partial charge in [0, 0.05) is 19.5 Å². The molecule has 0 bridgehead atoms. The number of benzene rings is 1. The Labute approximate surface area is 152 Å². The van der Waals surface area contributed by atoms with Crippen molar-refractivity contribution in [3.63, 3.8) is 0 Å². The number of carbonyl (C=O) groups is 3. The summed E-state index contributed by atoms with van der Waals surface area (Å²) in [6, 6.07) is 6.90. The van der Waals surface area contributed by atoms with Gasteiger partial charge in [-0.15, -0.1) is 0 Å². The first-order chi connectivity index (χ1) is 12.1. The van der Waals surface area contributed by atoms with Crippen molar-refractivity contribution in [2.75, 3.05) is 30.2 Å². The van der Waals surface area contributed by atoms with Gasteiger partial charge in [-0.05, 0) is 31.0 Å². The predicted octanol–water partition coefficient (Wildman–Crippen LogP) is 0.0262. The van der Waals surface area contributed by atoms with Crippen LogP contribution >= 0.6 is 0 Å². The molecule has 2 fully saturated rings. The maximum absolute atomic E-state index is 12.7. The third-order valence-electron chi connectivity index (χ3n) is 4.91. The van der Waals surface area contributed by atoms with E-state index in [4.69, 9.17) is 0 Å². The van der Waals surface area contributed by atoms with Gasteiger partial charge in [0.25, 0.3) is 0 Å². The minimum atomic E-state index is -3.65. The number of hydrogen-bond acceptors (Lipinski definition) is 5.